The SMILES string of the molecule is COc1ccc(Cl)cc1/C(N)=N/OC(=O)c1ccc(COc2cc(C)c(Cl)cc2C(C)C)o1. The second-order valence-corrected chi connectivity index (χ2v) is 8.39. The fourth-order valence-electron chi connectivity index (χ4n) is 3.03. The first kappa shape index (κ1) is 24.5. The third kappa shape index (κ3) is 6.00. The third-order valence-corrected chi connectivity index (χ3v) is 5.45. The van der Waals surface area contributed by atoms with Crippen LogP contribution in [0.2, 0.25) is 10.0 Å². The van der Waals surface area contributed by atoms with Gasteiger partial charge >= 0.3 is 5.97 Å². The quantitative estimate of drug-likeness (QED) is 0.178. The first-order valence-electron chi connectivity index (χ1n) is 10.1. The first-order valence-corrected chi connectivity index (χ1v) is 10.9. The standard InChI is InChI=1S/C24H24Cl2N2O5/c1-13(2)17-11-19(26)14(3)9-22(17)31-12-16-6-8-21(32-16)24(29)33-28-23(27)18-10-15(25)5-7-20(18)30-4/h5-11,13H,12H2,1-4H3,(H2,27,28). The minimum Gasteiger partial charge on any atom is -0.496 e. The molecule has 9 heteroatoms. The summed E-state index contributed by atoms with van der Waals surface area (Å²) in [7, 11) is 1.48. The fraction of sp³-hybridized carbons (Fsp3) is 0.250. The molecule has 1 heterocycles. The molecule has 0 fully saturated rings. The van der Waals surface area contributed by atoms with Gasteiger partial charge in [-0.1, -0.05) is 42.2 Å². The highest BCUT2D eigenvalue weighted by Crippen LogP contribution is 2.32. The summed E-state index contributed by atoms with van der Waals surface area (Å²) in [6.45, 7) is 6.14. The molecule has 0 aliphatic rings. The zero-order valence-corrected chi connectivity index (χ0v) is 20.2. The number of methoxy groups -OCH3 is 1. The molecule has 0 aliphatic heterocycles. The van der Waals surface area contributed by atoms with E-state index in [9.17, 15) is 4.79 Å². The maximum atomic E-state index is 12.3. The molecule has 3 aromatic rings. The van der Waals surface area contributed by atoms with Crippen molar-refractivity contribution in [2.24, 2.45) is 10.9 Å². The zero-order valence-electron chi connectivity index (χ0n) is 18.6. The molecule has 0 saturated carbocycles. The topological polar surface area (TPSA) is 96.3 Å². The van der Waals surface area contributed by atoms with Crippen LogP contribution in [0.4, 0.5) is 0 Å². The Morgan fingerprint density at radius 2 is 1.88 bits per heavy atom. The van der Waals surface area contributed by atoms with Crippen LogP contribution in [-0.4, -0.2) is 18.9 Å². The number of nitrogens with two attached hydrogens (primary N) is 1. The molecule has 0 amide bonds. The first-order chi connectivity index (χ1) is 15.7. The van der Waals surface area contributed by atoms with Gasteiger partial charge in [-0.2, -0.15) is 0 Å². The van der Waals surface area contributed by atoms with Crippen LogP contribution in [0.1, 0.15) is 52.8 Å². The number of benzene rings is 2. The number of halogens is 2. The number of oxime groups is 1. The number of hydrogen-bond donors (Lipinski definition) is 1. The second kappa shape index (κ2) is 10.6. The molecule has 3 rings (SSSR count). The molecule has 0 unspecified atom stereocenters. The number of hydrogen-bond acceptors (Lipinski definition) is 6. The highest BCUT2D eigenvalue weighted by atomic mass is 35.5. The highest BCUT2D eigenvalue weighted by Gasteiger charge is 2.16. The van der Waals surface area contributed by atoms with E-state index < -0.39 is 5.97 Å². The van der Waals surface area contributed by atoms with Gasteiger partial charge in [-0.25, -0.2) is 4.79 Å². The Kier molecular flexibility index (Phi) is 7.89. The van der Waals surface area contributed by atoms with Crippen molar-refractivity contribution < 1.29 is 23.5 Å². The largest absolute Gasteiger partial charge is 0.496 e. The third-order valence-electron chi connectivity index (χ3n) is 4.81. The van der Waals surface area contributed by atoms with Gasteiger partial charge in [0.1, 0.15) is 23.9 Å². The Balaban J connectivity index is 1.67. The van der Waals surface area contributed by atoms with Gasteiger partial charge in [0.15, 0.2) is 5.84 Å². The molecular formula is C24H24Cl2N2O5. The van der Waals surface area contributed by atoms with Crippen molar-refractivity contribution in [3.05, 3.63) is 80.7 Å². The predicted octanol–water partition coefficient (Wildman–Crippen LogP) is 6.08. The highest BCUT2D eigenvalue weighted by molar-refractivity contribution is 6.31. The van der Waals surface area contributed by atoms with Crippen LogP contribution < -0.4 is 15.2 Å². The Bertz CT molecular complexity index is 1190. The fourth-order valence-corrected chi connectivity index (χ4v) is 3.37. The normalized spacial score (nSPS) is 11.5. The van der Waals surface area contributed by atoms with Crippen LogP contribution in [-0.2, 0) is 11.4 Å². The Morgan fingerprint density at radius 3 is 2.58 bits per heavy atom. The van der Waals surface area contributed by atoms with Crippen LogP contribution in [0.5, 0.6) is 11.5 Å². The molecule has 1 aromatic heterocycles. The van der Waals surface area contributed by atoms with E-state index >= 15 is 0 Å². The molecule has 0 saturated heterocycles. The molecule has 2 N–H and O–H groups in total. The van der Waals surface area contributed by atoms with Gasteiger partial charge in [-0.15, -0.1) is 0 Å². The lowest BCUT2D eigenvalue weighted by atomic mass is 10.0. The molecule has 2 aromatic carbocycles. The van der Waals surface area contributed by atoms with Crippen LogP contribution in [0.25, 0.3) is 0 Å². The van der Waals surface area contributed by atoms with Gasteiger partial charge in [0, 0.05) is 10.0 Å². The predicted molar refractivity (Wildman–Crippen MR) is 127 cm³/mol. The molecule has 0 aliphatic carbocycles. The number of furan rings is 1. The van der Waals surface area contributed by atoms with Crippen molar-refractivity contribution in [2.75, 3.05) is 7.11 Å². The molecule has 0 bridgehead atoms. The molecular weight excluding hydrogens is 467 g/mol. The number of carbonyl (C=O) groups is 1. The van der Waals surface area contributed by atoms with E-state index in [-0.39, 0.29) is 24.1 Å². The van der Waals surface area contributed by atoms with Gasteiger partial charge in [0.2, 0.25) is 5.76 Å². The van der Waals surface area contributed by atoms with Gasteiger partial charge in [-0.05, 0) is 66.4 Å². The van der Waals surface area contributed by atoms with Crippen molar-refractivity contribution in [1.29, 1.82) is 0 Å². The molecule has 0 radical (unpaired) electrons. The minimum absolute atomic E-state index is 0.0421. The zero-order chi connectivity index (χ0) is 24.1. The summed E-state index contributed by atoms with van der Waals surface area (Å²) in [5.41, 5.74) is 8.21. The lowest BCUT2D eigenvalue weighted by molar-refractivity contribution is 0.0475. The van der Waals surface area contributed by atoms with Crippen molar-refractivity contribution in [3.63, 3.8) is 0 Å². The number of ether oxygens (including phenoxy) is 2. The van der Waals surface area contributed by atoms with Crippen molar-refractivity contribution in [3.8, 4) is 11.5 Å². The number of aryl methyl sites for hydroxylation is 1. The Morgan fingerprint density at radius 1 is 1.12 bits per heavy atom. The molecule has 7 nitrogen and oxygen atoms in total. The van der Waals surface area contributed by atoms with Crippen LogP contribution in [0.3, 0.4) is 0 Å². The summed E-state index contributed by atoms with van der Waals surface area (Å²) in [6, 6.07) is 11.7. The maximum Gasteiger partial charge on any atom is 0.400 e. The van der Waals surface area contributed by atoms with E-state index in [4.69, 9.17) is 47.7 Å². The van der Waals surface area contributed by atoms with Crippen LogP contribution in [0, 0.1) is 6.92 Å². The smallest absolute Gasteiger partial charge is 0.400 e. The maximum absolute atomic E-state index is 12.3. The number of carbonyl (C=O) groups excluding carboxylic acids is 1. The summed E-state index contributed by atoms with van der Waals surface area (Å²) in [5, 5.41) is 4.79. The number of rotatable bonds is 8. The molecule has 33 heavy (non-hydrogen) atoms. The van der Waals surface area contributed by atoms with Gasteiger partial charge in [-0.3, -0.25) is 0 Å². The molecule has 0 spiro atoms. The minimum atomic E-state index is -0.810. The van der Waals surface area contributed by atoms with Crippen molar-refractivity contribution in [2.45, 2.75) is 33.3 Å². The van der Waals surface area contributed by atoms with E-state index in [1.165, 1.54) is 13.2 Å². The lowest BCUT2D eigenvalue weighted by Crippen LogP contribution is -2.16. The Labute approximate surface area is 202 Å². The Hall–Kier alpha value is -3.16. The van der Waals surface area contributed by atoms with Crippen LogP contribution >= 0.6 is 23.2 Å². The van der Waals surface area contributed by atoms with Gasteiger partial charge in [0.25, 0.3) is 0 Å². The number of amidine groups is 1. The average Bonchev–Trinajstić information content (AvgIpc) is 3.26. The number of nitrogens with zero attached hydrogens (tertiary/aromatic N) is 1. The monoisotopic (exact) mass is 490 g/mol. The summed E-state index contributed by atoms with van der Waals surface area (Å²) in [6.07, 6.45) is 0. The van der Waals surface area contributed by atoms with E-state index in [1.807, 2.05) is 19.1 Å². The lowest BCUT2D eigenvalue weighted by Gasteiger charge is -2.15. The average molecular weight is 491 g/mol. The van der Waals surface area contributed by atoms with E-state index in [0.29, 0.717) is 32.9 Å². The van der Waals surface area contributed by atoms with E-state index in [1.54, 1.807) is 24.3 Å². The van der Waals surface area contributed by atoms with Crippen molar-refractivity contribution >= 4 is 35.0 Å². The summed E-state index contributed by atoms with van der Waals surface area (Å²) >= 11 is 12.2. The van der Waals surface area contributed by atoms with E-state index in [0.717, 1.165) is 11.1 Å². The molecule has 174 valence electrons. The van der Waals surface area contributed by atoms with Gasteiger partial charge < -0.3 is 24.5 Å². The van der Waals surface area contributed by atoms with Crippen molar-refractivity contribution in [1.82, 2.24) is 0 Å². The second-order valence-electron chi connectivity index (χ2n) is 7.55. The van der Waals surface area contributed by atoms with Crippen LogP contribution in [0.15, 0.2) is 52.0 Å². The van der Waals surface area contributed by atoms with E-state index in [2.05, 4.69) is 19.0 Å². The van der Waals surface area contributed by atoms with Gasteiger partial charge in [0.05, 0.1) is 12.7 Å². The summed E-state index contributed by atoms with van der Waals surface area (Å²) in [5.74, 6) is 0.888. The molecule has 0 atom stereocenters. The summed E-state index contributed by atoms with van der Waals surface area (Å²) < 4.78 is 16.7. The summed E-state index contributed by atoms with van der Waals surface area (Å²) in [4.78, 5) is 17.2.